The Balaban J connectivity index is 2.12. The van der Waals surface area contributed by atoms with Gasteiger partial charge in [-0.3, -0.25) is 9.59 Å². The molecule has 1 aliphatic heterocycles. The lowest BCUT2D eigenvalue weighted by Gasteiger charge is -2.39. The molecule has 0 unspecified atom stereocenters. The number of nitrogens with one attached hydrogen (secondary N) is 1. The van der Waals surface area contributed by atoms with Crippen LogP contribution in [0, 0.1) is 6.92 Å². The zero-order valence-corrected chi connectivity index (χ0v) is 15.8. The fraction of sp³-hybridized carbons (Fsp3) is 0.579. The van der Waals surface area contributed by atoms with Crippen molar-refractivity contribution in [3.8, 4) is 0 Å². The van der Waals surface area contributed by atoms with E-state index in [9.17, 15) is 9.59 Å². The molecule has 1 N–H and O–H groups in total. The van der Waals surface area contributed by atoms with E-state index in [0.717, 1.165) is 17.7 Å². The van der Waals surface area contributed by atoms with Crippen molar-refractivity contribution in [3.63, 3.8) is 0 Å². The SMILES string of the molecule is Cc1ccccc1[C@@H]1[C@@H](C(=O)NCCN(C)C(C)C)OCC(=O)N1C. The topological polar surface area (TPSA) is 61.9 Å². The highest BCUT2D eigenvalue weighted by molar-refractivity contribution is 5.86. The van der Waals surface area contributed by atoms with Crippen LogP contribution in [0.3, 0.4) is 0 Å². The third kappa shape index (κ3) is 4.58. The van der Waals surface area contributed by atoms with E-state index in [0.29, 0.717) is 12.6 Å². The summed E-state index contributed by atoms with van der Waals surface area (Å²) >= 11 is 0. The number of ether oxygens (including phenoxy) is 1. The van der Waals surface area contributed by atoms with Crippen LogP contribution in [0.2, 0.25) is 0 Å². The summed E-state index contributed by atoms with van der Waals surface area (Å²) in [5.74, 6) is -0.290. The highest BCUT2D eigenvalue weighted by atomic mass is 16.5. The van der Waals surface area contributed by atoms with E-state index in [-0.39, 0.29) is 18.4 Å². The van der Waals surface area contributed by atoms with E-state index < -0.39 is 12.1 Å². The molecule has 0 spiro atoms. The van der Waals surface area contributed by atoms with Crippen molar-refractivity contribution < 1.29 is 14.3 Å². The zero-order valence-electron chi connectivity index (χ0n) is 15.8. The summed E-state index contributed by atoms with van der Waals surface area (Å²) in [5.41, 5.74) is 1.98. The average molecular weight is 347 g/mol. The molecule has 1 heterocycles. The first-order valence-corrected chi connectivity index (χ1v) is 8.73. The fourth-order valence-corrected chi connectivity index (χ4v) is 2.94. The van der Waals surface area contributed by atoms with E-state index in [1.54, 1.807) is 11.9 Å². The van der Waals surface area contributed by atoms with Gasteiger partial charge in [0.25, 0.3) is 5.91 Å². The number of carbonyl (C=O) groups is 2. The van der Waals surface area contributed by atoms with Crippen molar-refractivity contribution in [2.24, 2.45) is 0 Å². The number of aryl methyl sites for hydroxylation is 1. The molecule has 2 rings (SSSR count). The summed E-state index contributed by atoms with van der Waals surface area (Å²) < 4.78 is 5.63. The number of amides is 2. The maximum Gasteiger partial charge on any atom is 0.251 e. The quantitative estimate of drug-likeness (QED) is 0.844. The van der Waals surface area contributed by atoms with E-state index >= 15 is 0 Å². The molecule has 6 nitrogen and oxygen atoms in total. The Morgan fingerprint density at radius 1 is 1.40 bits per heavy atom. The van der Waals surface area contributed by atoms with Crippen LogP contribution in [0.4, 0.5) is 0 Å². The number of morpholine rings is 1. The van der Waals surface area contributed by atoms with Crippen LogP contribution in [0.15, 0.2) is 24.3 Å². The second kappa shape index (κ2) is 8.45. The van der Waals surface area contributed by atoms with Gasteiger partial charge in [0.1, 0.15) is 6.61 Å². The summed E-state index contributed by atoms with van der Waals surface area (Å²) in [4.78, 5) is 28.6. The van der Waals surface area contributed by atoms with Crippen molar-refractivity contribution >= 4 is 11.8 Å². The van der Waals surface area contributed by atoms with Gasteiger partial charge in [0, 0.05) is 26.2 Å². The zero-order chi connectivity index (χ0) is 18.6. The van der Waals surface area contributed by atoms with Gasteiger partial charge in [-0.15, -0.1) is 0 Å². The lowest BCUT2D eigenvalue weighted by Crippen LogP contribution is -2.53. The number of benzene rings is 1. The van der Waals surface area contributed by atoms with Gasteiger partial charge in [-0.05, 0) is 38.9 Å². The number of rotatable bonds is 6. The van der Waals surface area contributed by atoms with Crippen molar-refractivity contribution in [1.82, 2.24) is 15.1 Å². The highest BCUT2D eigenvalue weighted by Gasteiger charge is 2.40. The summed E-state index contributed by atoms with van der Waals surface area (Å²) in [5, 5.41) is 2.95. The maximum absolute atomic E-state index is 12.7. The number of nitrogens with zero attached hydrogens (tertiary/aromatic N) is 2. The third-order valence-electron chi connectivity index (χ3n) is 4.89. The smallest absolute Gasteiger partial charge is 0.251 e. The maximum atomic E-state index is 12.7. The molecular formula is C19H29N3O3. The van der Waals surface area contributed by atoms with Gasteiger partial charge in [0.05, 0.1) is 6.04 Å². The molecule has 0 radical (unpaired) electrons. The summed E-state index contributed by atoms with van der Waals surface area (Å²) in [6.07, 6.45) is -0.701. The normalized spacial score (nSPS) is 21.1. The van der Waals surface area contributed by atoms with Crippen molar-refractivity contribution in [3.05, 3.63) is 35.4 Å². The Kier molecular flexibility index (Phi) is 6.56. The molecular weight excluding hydrogens is 318 g/mol. The van der Waals surface area contributed by atoms with Crippen LogP contribution in [-0.2, 0) is 14.3 Å². The molecule has 1 saturated heterocycles. The standard InChI is InChI=1S/C19H29N3O3/c1-13(2)21(4)11-10-20-19(24)18-17(22(5)16(23)12-25-18)15-9-7-6-8-14(15)3/h6-9,13,17-18H,10-12H2,1-5H3,(H,20,24)/t17-,18+/m1/s1. The van der Waals surface area contributed by atoms with Gasteiger partial charge in [0.2, 0.25) is 5.91 Å². The molecule has 1 aromatic rings. The molecule has 138 valence electrons. The predicted molar refractivity (Wildman–Crippen MR) is 97.2 cm³/mol. The fourth-order valence-electron chi connectivity index (χ4n) is 2.94. The molecule has 0 saturated carbocycles. The van der Waals surface area contributed by atoms with E-state index in [1.165, 1.54) is 0 Å². The van der Waals surface area contributed by atoms with Crippen LogP contribution in [0.25, 0.3) is 0 Å². The van der Waals surface area contributed by atoms with E-state index in [1.807, 2.05) is 38.2 Å². The lowest BCUT2D eigenvalue weighted by molar-refractivity contribution is -0.162. The Bertz CT molecular complexity index is 618. The van der Waals surface area contributed by atoms with Crippen LogP contribution in [0.5, 0.6) is 0 Å². The minimum absolute atomic E-state index is 0.0666. The molecule has 1 aliphatic rings. The van der Waals surface area contributed by atoms with Crippen LogP contribution < -0.4 is 5.32 Å². The first kappa shape index (κ1) is 19.4. The molecule has 25 heavy (non-hydrogen) atoms. The molecule has 0 aromatic heterocycles. The van der Waals surface area contributed by atoms with Crippen LogP contribution in [-0.4, -0.2) is 67.6 Å². The van der Waals surface area contributed by atoms with Crippen LogP contribution in [0.1, 0.15) is 31.0 Å². The Hall–Kier alpha value is -1.92. The van der Waals surface area contributed by atoms with Gasteiger partial charge < -0.3 is 19.9 Å². The van der Waals surface area contributed by atoms with E-state index in [2.05, 4.69) is 24.1 Å². The second-order valence-electron chi connectivity index (χ2n) is 6.90. The first-order valence-electron chi connectivity index (χ1n) is 8.73. The largest absolute Gasteiger partial charge is 0.356 e. The summed E-state index contributed by atoms with van der Waals surface area (Å²) in [7, 11) is 3.76. The van der Waals surface area contributed by atoms with Gasteiger partial charge in [-0.25, -0.2) is 0 Å². The Labute approximate surface area is 150 Å². The highest BCUT2D eigenvalue weighted by Crippen LogP contribution is 2.31. The lowest BCUT2D eigenvalue weighted by atomic mass is 9.94. The van der Waals surface area contributed by atoms with Crippen LogP contribution >= 0.6 is 0 Å². The molecule has 1 fully saturated rings. The third-order valence-corrected chi connectivity index (χ3v) is 4.89. The first-order chi connectivity index (χ1) is 11.8. The number of hydrogen-bond donors (Lipinski definition) is 1. The second-order valence-corrected chi connectivity index (χ2v) is 6.90. The monoisotopic (exact) mass is 347 g/mol. The molecule has 2 atom stereocenters. The molecule has 0 bridgehead atoms. The van der Waals surface area contributed by atoms with Crippen molar-refractivity contribution in [2.75, 3.05) is 33.8 Å². The number of carbonyl (C=O) groups excluding carboxylic acids is 2. The Morgan fingerprint density at radius 3 is 2.72 bits per heavy atom. The van der Waals surface area contributed by atoms with Gasteiger partial charge in [0.15, 0.2) is 6.10 Å². The van der Waals surface area contributed by atoms with E-state index in [4.69, 9.17) is 4.74 Å². The van der Waals surface area contributed by atoms with Crippen molar-refractivity contribution in [1.29, 1.82) is 0 Å². The number of hydrogen-bond acceptors (Lipinski definition) is 4. The predicted octanol–water partition coefficient (Wildman–Crippen LogP) is 1.35. The molecule has 2 amide bonds. The molecule has 6 heteroatoms. The minimum Gasteiger partial charge on any atom is -0.356 e. The van der Waals surface area contributed by atoms with Gasteiger partial charge >= 0.3 is 0 Å². The Morgan fingerprint density at radius 2 is 2.08 bits per heavy atom. The van der Waals surface area contributed by atoms with Gasteiger partial charge in [-0.2, -0.15) is 0 Å². The summed E-state index contributed by atoms with van der Waals surface area (Å²) in [6.45, 7) is 7.45. The van der Waals surface area contributed by atoms with Crippen molar-refractivity contribution in [2.45, 2.75) is 39.0 Å². The number of likely N-dealkylation sites (N-methyl/N-ethyl adjacent to an activating group) is 2. The minimum atomic E-state index is -0.701. The average Bonchev–Trinajstić information content (AvgIpc) is 2.57. The summed E-state index contributed by atoms with van der Waals surface area (Å²) in [6, 6.07) is 7.81. The molecule has 0 aliphatic carbocycles. The molecule has 1 aromatic carbocycles. The van der Waals surface area contributed by atoms with Gasteiger partial charge in [-0.1, -0.05) is 24.3 Å².